The van der Waals surface area contributed by atoms with Gasteiger partial charge in [0.25, 0.3) is 11.5 Å². The minimum Gasteiger partial charge on any atom is -0.326 e. The summed E-state index contributed by atoms with van der Waals surface area (Å²) in [5.74, 6) is -0.171. The lowest BCUT2D eigenvalue weighted by molar-refractivity contribution is 0.0698. The Morgan fingerprint density at radius 1 is 1.13 bits per heavy atom. The Hall–Kier alpha value is -3.04. The third-order valence-electron chi connectivity index (χ3n) is 5.58. The quantitative estimate of drug-likeness (QED) is 0.482. The van der Waals surface area contributed by atoms with Crippen LogP contribution in [0.1, 0.15) is 31.7 Å². The zero-order valence-corrected chi connectivity index (χ0v) is 18.0. The number of aryl methyl sites for hydroxylation is 1. The summed E-state index contributed by atoms with van der Waals surface area (Å²) in [6, 6.07) is 7.54. The summed E-state index contributed by atoms with van der Waals surface area (Å²) in [5.41, 5.74) is 0.877. The first kappa shape index (κ1) is 19.0. The second-order valence-corrected chi connectivity index (χ2v) is 9.25. The molecule has 152 valence electrons. The number of nitrogens with zero attached hydrogens (tertiary/aromatic N) is 4. The number of hydrogen-bond acceptors (Lipinski definition) is 6. The van der Waals surface area contributed by atoms with Crippen LogP contribution in [0.15, 0.2) is 50.8 Å². The molecule has 1 amide bonds. The fourth-order valence-electron chi connectivity index (χ4n) is 4.04. The van der Waals surface area contributed by atoms with Gasteiger partial charge in [0.15, 0.2) is 0 Å². The van der Waals surface area contributed by atoms with E-state index in [0.29, 0.717) is 12.1 Å². The molecule has 0 aromatic carbocycles. The Balaban J connectivity index is 1.63. The van der Waals surface area contributed by atoms with E-state index in [2.05, 4.69) is 16.4 Å². The second-order valence-electron chi connectivity index (χ2n) is 7.27. The lowest BCUT2D eigenvalue weighted by atomic mass is 9.97. The standard InChI is InChI=1S/C21H18N4O3S2/c1-23-18-14(20(27)24(2)21(23)28)10-12(11-22-18)19(26)25-7-5-15-13(6-9-30-15)17(25)16-4-3-8-29-16/h3-4,6,8-11,17H,5,7H2,1-2H3/t17-/m0/s1. The van der Waals surface area contributed by atoms with Crippen LogP contribution in [0.3, 0.4) is 0 Å². The fourth-order valence-corrected chi connectivity index (χ4v) is 5.80. The van der Waals surface area contributed by atoms with Crippen LogP contribution in [-0.4, -0.2) is 31.5 Å². The average Bonchev–Trinajstić information content (AvgIpc) is 3.46. The maximum Gasteiger partial charge on any atom is 0.332 e. The van der Waals surface area contributed by atoms with Crippen molar-refractivity contribution in [2.45, 2.75) is 12.5 Å². The normalized spacial score (nSPS) is 16.1. The Morgan fingerprint density at radius 3 is 2.73 bits per heavy atom. The molecule has 4 aromatic heterocycles. The Labute approximate surface area is 179 Å². The van der Waals surface area contributed by atoms with Crippen molar-refractivity contribution in [1.82, 2.24) is 19.0 Å². The van der Waals surface area contributed by atoms with Crippen LogP contribution in [0.5, 0.6) is 0 Å². The van der Waals surface area contributed by atoms with E-state index in [1.807, 2.05) is 22.4 Å². The van der Waals surface area contributed by atoms with Gasteiger partial charge in [0.05, 0.1) is 17.0 Å². The van der Waals surface area contributed by atoms with Gasteiger partial charge in [-0.05, 0) is 40.9 Å². The van der Waals surface area contributed by atoms with E-state index >= 15 is 0 Å². The molecule has 5 heterocycles. The number of carbonyl (C=O) groups is 1. The summed E-state index contributed by atoms with van der Waals surface area (Å²) < 4.78 is 2.35. The van der Waals surface area contributed by atoms with E-state index in [1.54, 1.807) is 35.8 Å². The van der Waals surface area contributed by atoms with Crippen LogP contribution in [-0.2, 0) is 20.5 Å². The van der Waals surface area contributed by atoms with E-state index in [4.69, 9.17) is 0 Å². The van der Waals surface area contributed by atoms with Gasteiger partial charge in [-0.2, -0.15) is 0 Å². The maximum absolute atomic E-state index is 13.5. The molecule has 0 unspecified atom stereocenters. The first-order chi connectivity index (χ1) is 14.5. The summed E-state index contributed by atoms with van der Waals surface area (Å²) >= 11 is 3.35. The lowest BCUT2D eigenvalue weighted by Crippen LogP contribution is -2.40. The predicted octanol–water partition coefficient (Wildman–Crippen LogP) is 2.54. The summed E-state index contributed by atoms with van der Waals surface area (Å²) in [7, 11) is 2.99. The molecule has 0 saturated carbocycles. The predicted molar refractivity (Wildman–Crippen MR) is 117 cm³/mol. The highest BCUT2D eigenvalue weighted by Crippen LogP contribution is 2.40. The molecule has 0 aliphatic carbocycles. The summed E-state index contributed by atoms with van der Waals surface area (Å²) in [6.45, 7) is 0.595. The van der Waals surface area contributed by atoms with Crippen molar-refractivity contribution >= 4 is 39.6 Å². The highest BCUT2D eigenvalue weighted by Gasteiger charge is 2.34. The number of pyridine rings is 1. The fraction of sp³-hybridized carbons (Fsp3) is 0.238. The van der Waals surface area contributed by atoms with Crippen LogP contribution < -0.4 is 11.2 Å². The van der Waals surface area contributed by atoms with Gasteiger partial charge in [0.2, 0.25) is 0 Å². The van der Waals surface area contributed by atoms with Crippen molar-refractivity contribution in [3.8, 4) is 0 Å². The van der Waals surface area contributed by atoms with Crippen LogP contribution >= 0.6 is 22.7 Å². The highest BCUT2D eigenvalue weighted by atomic mass is 32.1. The first-order valence-corrected chi connectivity index (χ1v) is 11.2. The summed E-state index contributed by atoms with van der Waals surface area (Å²) in [4.78, 5) is 46.9. The molecular weight excluding hydrogens is 420 g/mol. The number of aromatic nitrogens is 3. The number of carbonyl (C=O) groups excluding carboxylic acids is 1. The van der Waals surface area contributed by atoms with Gasteiger partial charge in [-0.3, -0.25) is 18.7 Å². The smallest absolute Gasteiger partial charge is 0.326 e. The van der Waals surface area contributed by atoms with Crippen molar-refractivity contribution in [3.05, 3.63) is 82.9 Å². The minimum atomic E-state index is -0.455. The third kappa shape index (κ3) is 2.77. The first-order valence-electron chi connectivity index (χ1n) is 9.43. The van der Waals surface area contributed by atoms with Crippen LogP contribution in [0.25, 0.3) is 11.0 Å². The molecule has 9 heteroatoms. The lowest BCUT2D eigenvalue weighted by Gasteiger charge is -2.35. The maximum atomic E-state index is 13.5. The highest BCUT2D eigenvalue weighted by molar-refractivity contribution is 7.10. The number of fused-ring (bicyclic) bond motifs is 2. The van der Waals surface area contributed by atoms with Gasteiger partial charge in [-0.1, -0.05) is 6.07 Å². The topological polar surface area (TPSA) is 77.2 Å². The van der Waals surface area contributed by atoms with Crippen LogP contribution in [0.2, 0.25) is 0 Å². The Morgan fingerprint density at radius 2 is 1.97 bits per heavy atom. The number of hydrogen-bond donors (Lipinski definition) is 0. The molecule has 0 N–H and O–H groups in total. The SMILES string of the molecule is Cn1c(=O)c2cc(C(=O)N3CCc4sccc4[C@H]3c3cccs3)cnc2n(C)c1=O. The molecule has 1 aliphatic rings. The summed E-state index contributed by atoms with van der Waals surface area (Å²) in [5, 5.41) is 4.34. The Kier molecular flexibility index (Phi) is 4.44. The molecule has 0 saturated heterocycles. The second kappa shape index (κ2) is 7.03. The molecule has 0 fully saturated rings. The van der Waals surface area contributed by atoms with Crippen molar-refractivity contribution < 1.29 is 4.79 Å². The van der Waals surface area contributed by atoms with Crippen molar-refractivity contribution in [3.63, 3.8) is 0 Å². The van der Waals surface area contributed by atoms with E-state index in [0.717, 1.165) is 21.4 Å². The third-order valence-corrected chi connectivity index (χ3v) is 7.50. The van der Waals surface area contributed by atoms with Crippen LogP contribution in [0.4, 0.5) is 0 Å². The molecule has 1 atom stereocenters. The van der Waals surface area contributed by atoms with Crippen molar-refractivity contribution in [2.24, 2.45) is 14.1 Å². The van der Waals surface area contributed by atoms with E-state index in [-0.39, 0.29) is 23.0 Å². The number of rotatable bonds is 2. The number of thiophene rings is 2. The zero-order valence-electron chi connectivity index (χ0n) is 16.4. The zero-order chi connectivity index (χ0) is 21.0. The molecule has 0 radical (unpaired) electrons. The molecule has 30 heavy (non-hydrogen) atoms. The van der Waals surface area contributed by atoms with Crippen molar-refractivity contribution in [1.29, 1.82) is 0 Å². The average molecular weight is 439 g/mol. The van der Waals surface area contributed by atoms with Crippen molar-refractivity contribution in [2.75, 3.05) is 6.54 Å². The van der Waals surface area contributed by atoms with Gasteiger partial charge in [0.1, 0.15) is 5.65 Å². The Bertz CT molecular complexity index is 1400. The van der Waals surface area contributed by atoms with E-state index in [9.17, 15) is 14.4 Å². The number of amides is 1. The minimum absolute atomic E-state index is 0.147. The van der Waals surface area contributed by atoms with Crippen LogP contribution in [0, 0.1) is 0 Å². The molecular formula is C21H18N4O3S2. The molecule has 4 aromatic rings. The molecule has 1 aliphatic heterocycles. The van der Waals surface area contributed by atoms with Gasteiger partial charge < -0.3 is 4.90 Å². The molecule has 0 spiro atoms. The van der Waals surface area contributed by atoms with Gasteiger partial charge in [-0.15, -0.1) is 22.7 Å². The molecule has 7 nitrogen and oxygen atoms in total. The molecule has 5 rings (SSSR count). The monoisotopic (exact) mass is 438 g/mol. The van der Waals surface area contributed by atoms with Gasteiger partial charge in [0, 0.05) is 36.6 Å². The van der Waals surface area contributed by atoms with E-state index < -0.39 is 11.2 Å². The molecule has 0 bridgehead atoms. The van der Waals surface area contributed by atoms with Gasteiger partial charge >= 0.3 is 5.69 Å². The largest absolute Gasteiger partial charge is 0.332 e. The summed E-state index contributed by atoms with van der Waals surface area (Å²) in [6.07, 6.45) is 2.26. The van der Waals surface area contributed by atoms with Gasteiger partial charge in [-0.25, -0.2) is 9.78 Å². The van der Waals surface area contributed by atoms with E-state index in [1.165, 1.54) is 22.7 Å².